The maximum atomic E-state index is 12.0. The number of aliphatic carboxylic acids is 1. The predicted octanol–water partition coefficient (Wildman–Crippen LogP) is 1.37. The molecular weight excluding hydrogens is 258 g/mol. The highest BCUT2D eigenvalue weighted by molar-refractivity contribution is 5.82. The first-order chi connectivity index (χ1) is 9.18. The molecule has 6 heteroatoms. The molecular formula is C14H29N3O3. The monoisotopic (exact) mass is 287 g/mol. The smallest absolute Gasteiger partial charge is 0.326 e. The van der Waals surface area contributed by atoms with E-state index < -0.39 is 18.0 Å². The Balaban J connectivity index is 4.60. The molecule has 20 heavy (non-hydrogen) atoms. The molecule has 0 aliphatic carbocycles. The second-order valence-corrected chi connectivity index (χ2v) is 5.93. The van der Waals surface area contributed by atoms with Crippen molar-refractivity contribution in [2.45, 2.75) is 46.2 Å². The Kier molecular flexibility index (Phi) is 8.22. The lowest BCUT2D eigenvalue weighted by molar-refractivity contribution is -0.140. The van der Waals surface area contributed by atoms with E-state index in [0.717, 1.165) is 0 Å². The van der Waals surface area contributed by atoms with Gasteiger partial charge in [0.05, 0.1) is 0 Å². The Morgan fingerprint density at radius 1 is 1.15 bits per heavy atom. The average Bonchev–Trinajstić information content (AvgIpc) is 2.33. The van der Waals surface area contributed by atoms with Gasteiger partial charge in [-0.2, -0.15) is 0 Å². The van der Waals surface area contributed by atoms with Crippen molar-refractivity contribution in [2.24, 2.45) is 11.8 Å². The van der Waals surface area contributed by atoms with Gasteiger partial charge in [0.1, 0.15) is 6.04 Å². The quantitative estimate of drug-likeness (QED) is 0.630. The molecule has 0 rings (SSSR count). The molecule has 0 aromatic heterocycles. The Labute approximate surface area is 121 Å². The van der Waals surface area contributed by atoms with E-state index in [1.54, 1.807) is 0 Å². The van der Waals surface area contributed by atoms with E-state index in [4.69, 9.17) is 5.11 Å². The lowest BCUT2D eigenvalue weighted by Gasteiger charge is -2.27. The van der Waals surface area contributed by atoms with Gasteiger partial charge in [-0.15, -0.1) is 0 Å². The fourth-order valence-corrected chi connectivity index (χ4v) is 1.85. The van der Waals surface area contributed by atoms with Crippen molar-refractivity contribution in [3.63, 3.8) is 0 Å². The van der Waals surface area contributed by atoms with Crippen LogP contribution in [-0.2, 0) is 4.79 Å². The summed E-state index contributed by atoms with van der Waals surface area (Å²) in [6.45, 7) is 8.49. The predicted molar refractivity (Wildman–Crippen MR) is 79.7 cm³/mol. The number of hydrogen-bond donors (Lipinski definition) is 3. The molecule has 0 aromatic carbocycles. The second-order valence-electron chi connectivity index (χ2n) is 5.93. The fourth-order valence-electron chi connectivity index (χ4n) is 1.85. The van der Waals surface area contributed by atoms with E-state index in [9.17, 15) is 9.59 Å². The number of carbonyl (C=O) groups excluding carboxylic acids is 1. The summed E-state index contributed by atoms with van der Waals surface area (Å²) in [5, 5.41) is 14.6. The summed E-state index contributed by atoms with van der Waals surface area (Å²) in [5.41, 5.74) is 0. The lowest BCUT2D eigenvalue weighted by Crippen LogP contribution is -2.54. The Bertz CT molecular complexity index is 319. The molecule has 0 radical (unpaired) electrons. The number of carbonyl (C=O) groups is 2. The van der Waals surface area contributed by atoms with Crippen LogP contribution in [0.15, 0.2) is 0 Å². The molecule has 0 bridgehead atoms. The van der Waals surface area contributed by atoms with E-state index in [0.29, 0.717) is 13.0 Å². The maximum Gasteiger partial charge on any atom is 0.326 e. The second kappa shape index (κ2) is 8.79. The van der Waals surface area contributed by atoms with Crippen LogP contribution in [0.5, 0.6) is 0 Å². The van der Waals surface area contributed by atoms with Crippen LogP contribution in [0.4, 0.5) is 4.79 Å². The average molecular weight is 287 g/mol. The van der Waals surface area contributed by atoms with Gasteiger partial charge in [-0.3, -0.25) is 0 Å². The lowest BCUT2D eigenvalue weighted by atomic mass is 9.99. The van der Waals surface area contributed by atoms with E-state index >= 15 is 0 Å². The van der Waals surface area contributed by atoms with E-state index in [1.807, 2.05) is 46.7 Å². The Hall–Kier alpha value is -1.30. The van der Waals surface area contributed by atoms with Crippen molar-refractivity contribution < 1.29 is 14.7 Å². The summed E-state index contributed by atoms with van der Waals surface area (Å²) in [4.78, 5) is 25.1. The van der Waals surface area contributed by atoms with E-state index in [-0.39, 0.29) is 17.9 Å². The molecule has 0 saturated heterocycles. The molecule has 2 amide bonds. The molecule has 0 spiro atoms. The molecule has 2 unspecified atom stereocenters. The first kappa shape index (κ1) is 18.7. The first-order valence-corrected chi connectivity index (χ1v) is 7.13. The largest absolute Gasteiger partial charge is 0.480 e. The van der Waals surface area contributed by atoms with Crippen LogP contribution >= 0.6 is 0 Å². The number of rotatable bonds is 8. The van der Waals surface area contributed by atoms with Gasteiger partial charge in [0, 0.05) is 12.6 Å². The summed E-state index contributed by atoms with van der Waals surface area (Å²) in [6, 6.07) is -1.29. The standard InChI is InChI=1S/C14H29N3O3/c1-7-10(4)12(13(18)19)16-14(20)15-11(9(2)3)8-17(5)6/h9-12H,7-8H2,1-6H3,(H,18,19)(H2,15,16,20)/t10?,11?,12-/m0/s1. The molecule has 0 aliphatic heterocycles. The number of nitrogens with one attached hydrogen (secondary N) is 2. The zero-order valence-corrected chi connectivity index (χ0v) is 13.4. The third-order valence-corrected chi connectivity index (χ3v) is 3.45. The van der Waals surface area contributed by atoms with Crippen molar-refractivity contribution in [1.29, 1.82) is 0 Å². The van der Waals surface area contributed by atoms with Crippen LogP contribution in [-0.4, -0.2) is 54.7 Å². The molecule has 0 aromatic rings. The van der Waals surface area contributed by atoms with Gasteiger partial charge in [0.25, 0.3) is 0 Å². The van der Waals surface area contributed by atoms with Gasteiger partial charge in [-0.05, 0) is 25.9 Å². The number of nitrogens with zero attached hydrogens (tertiary/aromatic N) is 1. The van der Waals surface area contributed by atoms with Gasteiger partial charge in [-0.25, -0.2) is 9.59 Å². The maximum absolute atomic E-state index is 12.0. The van der Waals surface area contributed by atoms with Gasteiger partial charge in [-0.1, -0.05) is 34.1 Å². The van der Waals surface area contributed by atoms with Crippen LogP contribution < -0.4 is 10.6 Å². The van der Waals surface area contributed by atoms with Crippen LogP contribution in [0.2, 0.25) is 0 Å². The minimum Gasteiger partial charge on any atom is -0.480 e. The normalized spacial score (nSPS) is 15.8. The van der Waals surface area contributed by atoms with E-state index in [2.05, 4.69) is 10.6 Å². The zero-order chi connectivity index (χ0) is 15.9. The summed E-state index contributed by atoms with van der Waals surface area (Å²) in [5.74, 6) is -0.831. The van der Waals surface area contributed by atoms with Gasteiger partial charge in [0.15, 0.2) is 0 Å². The Morgan fingerprint density at radius 3 is 2.05 bits per heavy atom. The van der Waals surface area contributed by atoms with Crippen molar-refractivity contribution in [1.82, 2.24) is 15.5 Å². The number of carboxylic acids is 1. The molecule has 3 atom stereocenters. The SMILES string of the molecule is CCC(C)[C@H](NC(=O)NC(CN(C)C)C(C)C)C(=O)O. The molecule has 0 aliphatic rings. The fraction of sp³-hybridized carbons (Fsp3) is 0.857. The first-order valence-electron chi connectivity index (χ1n) is 7.13. The topological polar surface area (TPSA) is 81.7 Å². The Morgan fingerprint density at radius 2 is 1.70 bits per heavy atom. The van der Waals surface area contributed by atoms with E-state index in [1.165, 1.54) is 0 Å². The zero-order valence-electron chi connectivity index (χ0n) is 13.4. The molecule has 0 saturated carbocycles. The van der Waals surface area contributed by atoms with Gasteiger partial charge >= 0.3 is 12.0 Å². The highest BCUT2D eigenvalue weighted by atomic mass is 16.4. The van der Waals surface area contributed by atoms with Crippen LogP contribution in [0.25, 0.3) is 0 Å². The van der Waals surface area contributed by atoms with Crippen LogP contribution in [0.1, 0.15) is 34.1 Å². The molecule has 0 heterocycles. The molecule has 3 N–H and O–H groups in total. The number of hydrogen-bond acceptors (Lipinski definition) is 3. The minimum absolute atomic E-state index is 0.0172. The van der Waals surface area contributed by atoms with Gasteiger partial charge < -0.3 is 20.6 Å². The summed E-state index contributed by atoms with van der Waals surface area (Å²) >= 11 is 0. The third-order valence-electron chi connectivity index (χ3n) is 3.45. The van der Waals surface area contributed by atoms with Crippen molar-refractivity contribution in [3.8, 4) is 0 Å². The summed E-state index contributed by atoms with van der Waals surface area (Å²) in [7, 11) is 3.88. The minimum atomic E-state index is -0.997. The highest BCUT2D eigenvalue weighted by Crippen LogP contribution is 2.08. The number of urea groups is 1. The number of carboxylic acid groups (broad SMARTS) is 1. The molecule has 0 fully saturated rings. The molecule has 118 valence electrons. The molecule has 6 nitrogen and oxygen atoms in total. The van der Waals surface area contributed by atoms with Crippen molar-refractivity contribution in [3.05, 3.63) is 0 Å². The number of likely N-dealkylation sites (N-methyl/N-ethyl adjacent to an activating group) is 1. The van der Waals surface area contributed by atoms with Crippen molar-refractivity contribution >= 4 is 12.0 Å². The van der Waals surface area contributed by atoms with Gasteiger partial charge in [0.2, 0.25) is 0 Å². The summed E-state index contributed by atoms with van der Waals surface area (Å²) < 4.78 is 0. The van der Waals surface area contributed by atoms with Crippen LogP contribution in [0, 0.1) is 11.8 Å². The third kappa shape index (κ3) is 6.75. The summed E-state index contributed by atoms with van der Waals surface area (Å²) in [6.07, 6.45) is 0.697. The number of amides is 2. The van der Waals surface area contributed by atoms with Crippen molar-refractivity contribution in [2.75, 3.05) is 20.6 Å². The highest BCUT2D eigenvalue weighted by Gasteiger charge is 2.26. The van der Waals surface area contributed by atoms with Crippen LogP contribution in [0.3, 0.4) is 0 Å².